The van der Waals surface area contributed by atoms with Crippen molar-refractivity contribution in [3.8, 4) is 17.2 Å². The molecule has 1 aliphatic heterocycles. The summed E-state index contributed by atoms with van der Waals surface area (Å²) >= 11 is 0. The van der Waals surface area contributed by atoms with Crippen LogP contribution < -0.4 is 24.2 Å². The number of nitrogens with zero attached hydrogens (tertiary/aromatic N) is 3. The third kappa shape index (κ3) is 6.61. The zero-order valence-electron chi connectivity index (χ0n) is 24.8. The van der Waals surface area contributed by atoms with Crippen LogP contribution in [0.5, 0.6) is 17.2 Å². The monoisotopic (exact) mass is 650 g/mol. The molecule has 1 saturated carbocycles. The van der Waals surface area contributed by atoms with Crippen LogP contribution in [0.3, 0.4) is 0 Å². The fraction of sp³-hybridized carbons (Fsp3) is 0.448. The quantitative estimate of drug-likeness (QED) is 0.184. The van der Waals surface area contributed by atoms with Gasteiger partial charge >= 0.3 is 6.18 Å². The van der Waals surface area contributed by atoms with E-state index in [2.05, 4.69) is 25.4 Å². The van der Waals surface area contributed by atoms with E-state index in [9.17, 15) is 21.6 Å². The number of halogens is 3. The smallest absolute Gasteiger partial charge is 0.401 e. The van der Waals surface area contributed by atoms with Gasteiger partial charge in [0.1, 0.15) is 17.2 Å². The van der Waals surface area contributed by atoms with Crippen molar-refractivity contribution in [3.05, 3.63) is 41.6 Å². The molecule has 4 aromatic rings. The Labute approximate surface area is 257 Å². The number of rotatable bonds is 11. The first-order chi connectivity index (χ1) is 21.5. The molecule has 6 rings (SSSR count). The predicted molar refractivity (Wildman–Crippen MR) is 159 cm³/mol. The average molecular weight is 651 g/mol. The number of likely N-dealkylation sites (tertiary alicyclic amines) is 1. The summed E-state index contributed by atoms with van der Waals surface area (Å²) in [4.78, 5) is 1.07. The highest BCUT2D eigenvalue weighted by atomic mass is 32.2. The highest BCUT2D eigenvalue weighted by molar-refractivity contribution is 7.93. The van der Waals surface area contributed by atoms with Gasteiger partial charge in [0.15, 0.2) is 22.1 Å². The van der Waals surface area contributed by atoms with Gasteiger partial charge in [0.05, 0.1) is 38.9 Å². The second kappa shape index (κ2) is 12.0. The van der Waals surface area contributed by atoms with Gasteiger partial charge in [0.25, 0.3) is 10.0 Å². The number of H-pyrrole nitrogens is 1. The molecule has 3 heterocycles. The summed E-state index contributed by atoms with van der Waals surface area (Å²) in [7, 11) is -0.267. The Balaban J connectivity index is 1.27. The molecule has 3 N–H and O–H groups in total. The normalized spacial score (nSPS) is 17.8. The lowest BCUT2D eigenvalue weighted by Crippen LogP contribution is -2.40. The van der Waals surface area contributed by atoms with Gasteiger partial charge in [-0.3, -0.25) is 14.7 Å². The molecule has 0 radical (unpaired) electrons. The van der Waals surface area contributed by atoms with E-state index in [1.165, 1.54) is 38.4 Å². The van der Waals surface area contributed by atoms with E-state index in [0.29, 0.717) is 53.5 Å². The zero-order valence-corrected chi connectivity index (χ0v) is 25.6. The van der Waals surface area contributed by atoms with Crippen LogP contribution in [-0.4, -0.2) is 75.8 Å². The second-order valence-electron chi connectivity index (χ2n) is 11.2. The van der Waals surface area contributed by atoms with Crippen LogP contribution in [0, 0.1) is 0 Å². The molecule has 2 aromatic carbocycles. The molecule has 2 aromatic heterocycles. The third-order valence-corrected chi connectivity index (χ3v) is 9.43. The van der Waals surface area contributed by atoms with Crippen molar-refractivity contribution in [1.82, 2.24) is 20.3 Å². The fourth-order valence-electron chi connectivity index (χ4n) is 5.75. The summed E-state index contributed by atoms with van der Waals surface area (Å²) in [5, 5.41) is 14.8. The number of piperidine rings is 1. The van der Waals surface area contributed by atoms with E-state index in [-0.39, 0.29) is 40.3 Å². The number of alkyl halides is 3. The first-order valence-electron chi connectivity index (χ1n) is 14.4. The maximum atomic E-state index is 13.8. The maximum absolute atomic E-state index is 13.8. The molecule has 2 fully saturated rings. The molecule has 0 spiro atoms. The summed E-state index contributed by atoms with van der Waals surface area (Å²) in [5.41, 5.74) is 2.49. The largest absolute Gasteiger partial charge is 0.495 e. The fourth-order valence-corrected chi connectivity index (χ4v) is 7.07. The van der Waals surface area contributed by atoms with Crippen LogP contribution in [0.25, 0.3) is 11.0 Å². The van der Waals surface area contributed by atoms with E-state index in [1.54, 1.807) is 12.1 Å². The van der Waals surface area contributed by atoms with Gasteiger partial charge < -0.3 is 24.1 Å². The lowest BCUT2D eigenvalue weighted by molar-refractivity contribution is -0.148. The summed E-state index contributed by atoms with van der Waals surface area (Å²) in [6.45, 7) is -0.507. The second-order valence-corrected chi connectivity index (χ2v) is 12.9. The topological polar surface area (TPSA) is 144 Å². The molecule has 1 unspecified atom stereocenters. The van der Waals surface area contributed by atoms with Gasteiger partial charge in [0.2, 0.25) is 0 Å². The molecule has 12 nitrogen and oxygen atoms in total. The molecule has 1 atom stereocenters. The Morgan fingerprint density at radius 1 is 1.00 bits per heavy atom. The molecule has 2 aliphatic rings. The average Bonchev–Trinajstić information content (AvgIpc) is 3.64. The van der Waals surface area contributed by atoms with Crippen molar-refractivity contribution in [2.75, 3.05) is 51.0 Å². The molecular formula is C29H33F3N6O6S. The SMILES string of the molecule is COc1cc2c(NS(=O)(=O)c3c(OC)cc(C4CCCN(CC(F)(F)F)C4)cc3OC)noc2cc1Nc1cc(C2CC2)[nH]n1. The molecule has 0 amide bonds. The van der Waals surface area contributed by atoms with Crippen LogP contribution >= 0.6 is 0 Å². The minimum Gasteiger partial charge on any atom is -0.495 e. The number of ether oxygens (including phenoxy) is 3. The van der Waals surface area contributed by atoms with Gasteiger partial charge in [-0.05, 0) is 61.9 Å². The number of fused-ring (bicyclic) bond motifs is 1. The van der Waals surface area contributed by atoms with Crippen molar-refractivity contribution in [2.24, 2.45) is 0 Å². The van der Waals surface area contributed by atoms with Crippen molar-refractivity contribution >= 4 is 38.3 Å². The van der Waals surface area contributed by atoms with E-state index in [4.69, 9.17) is 18.7 Å². The van der Waals surface area contributed by atoms with Crippen LogP contribution in [0.1, 0.15) is 48.8 Å². The number of hydrogen-bond donors (Lipinski definition) is 3. The zero-order chi connectivity index (χ0) is 31.9. The number of nitrogens with one attached hydrogen (secondary N) is 3. The minimum atomic E-state index is -4.37. The Hall–Kier alpha value is -4.18. The van der Waals surface area contributed by atoms with Crippen molar-refractivity contribution in [2.45, 2.75) is 48.6 Å². The molecule has 1 aliphatic carbocycles. The highest BCUT2D eigenvalue weighted by Crippen LogP contribution is 2.43. The summed E-state index contributed by atoms with van der Waals surface area (Å²) < 4.78 is 91.1. The van der Waals surface area contributed by atoms with E-state index in [1.807, 2.05) is 6.07 Å². The van der Waals surface area contributed by atoms with Gasteiger partial charge in [-0.2, -0.15) is 18.3 Å². The number of aromatic nitrogens is 3. The van der Waals surface area contributed by atoms with Crippen LogP contribution in [0.4, 0.5) is 30.5 Å². The summed E-state index contributed by atoms with van der Waals surface area (Å²) in [5.74, 6) is 1.08. The van der Waals surface area contributed by atoms with Gasteiger partial charge in [-0.1, -0.05) is 5.16 Å². The first kappa shape index (κ1) is 30.8. The number of anilines is 3. The Morgan fingerprint density at radius 2 is 1.71 bits per heavy atom. The lowest BCUT2D eigenvalue weighted by Gasteiger charge is -2.33. The Kier molecular flexibility index (Phi) is 8.20. The molecule has 45 heavy (non-hydrogen) atoms. The number of benzene rings is 2. The Bertz CT molecular complexity index is 1780. The number of hydrogen-bond acceptors (Lipinski definition) is 10. The van der Waals surface area contributed by atoms with Gasteiger partial charge in [-0.15, -0.1) is 0 Å². The number of sulfonamides is 1. The molecule has 16 heteroatoms. The number of aromatic amines is 1. The Morgan fingerprint density at radius 3 is 2.36 bits per heavy atom. The van der Waals surface area contributed by atoms with Crippen molar-refractivity contribution in [3.63, 3.8) is 0 Å². The standard InChI is InChI=1S/C29H33F3N6O6S/c1-41-23-11-19-22(12-21(23)33-26-13-20(34-35-26)16-6-7-16)44-36-28(19)37-45(39,40)27-24(42-2)9-18(10-25(27)43-3)17-5-4-8-38(14-17)15-29(30,31)32/h9-13,16-17H,4-8,14-15H2,1-3H3,(H,36,37)(H2,33,34,35). The molecule has 242 valence electrons. The van der Waals surface area contributed by atoms with Crippen LogP contribution in [0.15, 0.2) is 39.8 Å². The van der Waals surface area contributed by atoms with Gasteiger partial charge in [-0.25, -0.2) is 8.42 Å². The van der Waals surface area contributed by atoms with Crippen molar-refractivity contribution < 1.29 is 40.3 Å². The predicted octanol–water partition coefficient (Wildman–Crippen LogP) is 5.74. The van der Waals surface area contributed by atoms with E-state index in [0.717, 1.165) is 18.5 Å². The molecule has 0 bridgehead atoms. The maximum Gasteiger partial charge on any atom is 0.401 e. The van der Waals surface area contributed by atoms with E-state index < -0.39 is 22.7 Å². The van der Waals surface area contributed by atoms with Gasteiger partial charge in [0, 0.05) is 30.3 Å². The molecular weight excluding hydrogens is 617 g/mol. The summed E-state index contributed by atoms with van der Waals surface area (Å²) in [6, 6.07) is 8.22. The van der Waals surface area contributed by atoms with Crippen molar-refractivity contribution in [1.29, 1.82) is 0 Å². The number of methoxy groups -OCH3 is 3. The molecule has 1 saturated heterocycles. The first-order valence-corrected chi connectivity index (χ1v) is 15.8. The van der Waals surface area contributed by atoms with E-state index >= 15 is 0 Å². The third-order valence-electron chi connectivity index (χ3n) is 8.03. The lowest BCUT2D eigenvalue weighted by atomic mass is 9.90. The van der Waals surface area contributed by atoms with Crippen LogP contribution in [0.2, 0.25) is 0 Å². The minimum absolute atomic E-state index is 0.0220. The summed E-state index contributed by atoms with van der Waals surface area (Å²) in [6.07, 6.45) is -0.861. The van der Waals surface area contributed by atoms with Crippen LogP contribution in [-0.2, 0) is 10.0 Å². The highest BCUT2D eigenvalue weighted by Gasteiger charge is 2.35.